The normalized spacial score (nSPS) is 11.2. The van der Waals surface area contributed by atoms with Gasteiger partial charge in [0.1, 0.15) is 0 Å². The molecule has 0 spiro atoms. The van der Waals surface area contributed by atoms with Gasteiger partial charge in [0.05, 0.1) is 17.2 Å². The summed E-state index contributed by atoms with van der Waals surface area (Å²) in [5, 5.41) is 5.94. The molecule has 3 nitrogen and oxygen atoms in total. The van der Waals surface area contributed by atoms with E-state index in [-0.39, 0.29) is 0 Å². The maximum absolute atomic E-state index is 6.15. The van der Waals surface area contributed by atoms with Crippen molar-refractivity contribution in [3.8, 4) is 0 Å². The minimum absolute atomic E-state index is 0.736. The smallest absolute Gasteiger partial charge is 0.0952 e. The van der Waals surface area contributed by atoms with Gasteiger partial charge in [-0.25, -0.2) is 0 Å². The Kier molecular flexibility index (Phi) is 2.82. The molecule has 2 aromatic heterocycles. The molecular formula is C17H14N2OS. The van der Waals surface area contributed by atoms with Crippen molar-refractivity contribution in [2.75, 3.05) is 11.1 Å². The van der Waals surface area contributed by atoms with E-state index in [2.05, 4.69) is 35.6 Å². The lowest BCUT2D eigenvalue weighted by Crippen LogP contribution is -1.99. The van der Waals surface area contributed by atoms with Crippen LogP contribution in [0, 0.1) is 0 Å². The minimum atomic E-state index is 0.736. The summed E-state index contributed by atoms with van der Waals surface area (Å²) in [6, 6.07) is 14.4. The van der Waals surface area contributed by atoms with Crippen molar-refractivity contribution in [3.63, 3.8) is 0 Å². The van der Waals surface area contributed by atoms with E-state index in [1.807, 2.05) is 12.1 Å². The number of nitrogen functional groups attached to an aromatic ring is 1. The van der Waals surface area contributed by atoms with Gasteiger partial charge in [0.25, 0.3) is 0 Å². The largest absolute Gasteiger partial charge is 0.472 e. The first-order valence-electron chi connectivity index (χ1n) is 6.77. The molecule has 0 unspecified atom stereocenters. The molecular weight excluding hydrogens is 280 g/mol. The van der Waals surface area contributed by atoms with Gasteiger partial charge in [-0.1, -0.05) is 18.2 Å². The molecule has 0 saturated carbocycles. The molecule has 104 valence electrons. The molecule has 0 saturated heterocycles. The second kappa shape index (κ2) is 4.82. The SMILES string of the molecule is Nc1ccc(NCc2ccoc2)c2c1sc1ccccc12. The predicted molar refractivity (Wildman–Crippen MR) is 89.8 cm³/mol. The Balaban J connectivity index is 1.86. The number of nitrogens with one attached hydrogen (secondary N) is 1. The van der Waals surface area contributed by atoms with Gasteiger partial charge >= 0.3 is 0 Å². The Morgan fingerprint density at radius 3 is 2.86 bits per heavy atom. The van der Waals surface area contributed by atoms with Crippen molar-refractivity contribution < 1.29 is 4.42 Å². The van der Waals surface area contributed by atoms with E-state index in [1.54, 1.807) is 23.9 Å². The second-order valence-electron chi connectivity index (χ2n) is 4.99. The molecule has 0 fully saturated rings. The van der Waals surface area contributed by atoms with Gasteiger partial charge in [0.2, 0.25) is 0 Å². The zero-order valence-corrected chi connectivity index (χ0v) is 12.1. The van der Waals surface area contributed by atoms with Crippen LogP contribution in [-0.4, -0.2) is 0 Å². The summed E-state index contributed by atoms with van der Waals surface area (Å²) in [6.45, 7) is 0.736. The van der Waals surface area contributed by atoms with Crippen LogP contribution in [0.25, 0.3) is 20.2 Å². The number of thiophene rings is 1. The highest BCUT2D eigenvalue weighted by Gasteiger charge is 2.11. The van der Waals surface area contributed by atoms with Gasteiger partial charge in [-0.15, -0.1) is 11.3 Å². The van der Waals surface area contributed by atoms with Gasteiger partial charge in [0, 0.05) is 39.0 Å². The maximum Gasteiger partial charge on any atom is 0.0952 e. The molecule has 2 heterocycles. The highest BCUT2D eigenvalue weighted by molar-refractivity contribution is 7.26. The van der Waals surface area contributed by atoms with Gasteiger partial charge in [-0.2, -0.15) is 0 Å². The van der Waals surface area contributed by atoms with Crippen LogP contribution in [0.2, 0.25) is 0 Å². The third-order valence-corrected chi connectivity index (χ3v) is 4.84. The topological polar surface area (TPSA) is 51.2 Å². The van der Waals surface area contributed by atoms with Crippen molar-refractivity contribution in [1.29, 1.82) is 0 Å². The first kappa shape index (κ1) is 12.3. The molecule has 4 heteroatoms. The Hall–Kier alpha value is -2.46. The number of hydrogen-bond donors (Lipinski definition) is 2. The number of anilines is 2. The van der Waals surface area contributed by atoms with Crippen molar-refractivity contribution in [3.05, 3.63) is 60.6 Å². The number of hydrogen-bond acceptors (Lipinski definition) is 4. The number of rotatable bonds is 3. The summed E-state index contributed by atoms with van der Waals surface area (Å²) in [4.78, 5) is 0. The summed E-state index contributed by atoms with van der Waals surface area (Å²) < 4.78 is 7.51. The Morgan fingerprint density at radius 2 is 2.00 bits per heavy atom. The first-order chi connectivity index (χ1) is 10.3. The highest BCUT2D eigenvalue weighted by atomic mass is 32.1. The first-order valence-corrected chi connectivity index (χ1v) is 7.59. The second-order valence-corrected chi connectivity index (χ2v) is 6.04. The van der Waals surface area contributed by atoms with Crippen LogP contribution in [0.1, 0.15) is 5.56 Å². The molecule has 0 bridgehead atoms. The lowest BCUT2D eigenvalue weighted by Gasteiger charge is -2.08. The van der Waals surface area contributed by atoms with Crippen LogP contribution < -0.4 is 11.1 Å². The van der Waals surface area contributed by atoms with Gasteiger partial charge < -0.3 is 15.5 Å². The van der Waals surface area contributed by atoms with E-state index >= 15 is 0 Å². The quantitative estimate of drug-likeness (QED) is 0.531. The fourth-order valence-corrected chi connectivity index (χ4v) is 3.74. The van der Waals surface area contributed by atoms with E-state index in [0.29, 0.717) is 0 Å². The van der Waals surface area contributed by atoms with Crippen LogP contribution in [0.15, 0.2) is 59.4 Å². The Labute approximate surface area is 126 Å². The summed E-state index contributed by atoms with van der Waals surface area (Å²) in [7, 11) is 0. The molecule has 0 radical (unpaired) electrons. The van der Waals surface area contributed by atoms with Crippen LogP contribution in [0.4, 0.5) is 11.4 Å². The standard InChI is InChI=1S/C17H14N2OS/c18-13-5-6-14(19-9-11-7-8-20-10-11)16-12-3-1-2-4-15(12)21-17(13)16/h1-8,10,19H,9,18H2. The molecule has 0 aliphatic heterocycles. The lowest BCUT2D eigenvalue weighted by atomic mass is 10.1. The predicted octanol–water partition coefficient (Wildman–Crippen LogP) is 4.84. The van der Waals surface area contributed by atoms with Crippen LogP contribution >= 0.6 is 11.3 Å². The molecule has 0 atom stereocenters. The molecule has 0 aliphatic carbocycles. The number of nitrogens with two attached hydrogens (primary N) is 1. The average molecular weight is 294 g/mol. The number of furan rings is 1. The molecule has 4 aromatic rings. The van der Waals surface area contributed by atoms with Gasteiger partial charge in [0.15, 0.2) is 0 Å². The van der Waals surface area contributed by atoms with Gasteiger partial charge in [-0.05, 0) is 24.3 Å². The van der Waals surface area contributed by atoms with Crippen molar-refractivity contribution in [1.82, 2.24) is 0 Å². The van der Waals surface area contributed by atoms with Crippen LogP contribution in [0.3, 0.4) is 0 Å². The number of benzene rings is 2. The highest BCUT2D eigenvalue weighted by Crippen LogP contribution is 2.41. The molecule has 3 N–H and O–H groups in total. The van der Waals surface area contributed by atoms with Crippen molar-refractivity contribution >= 4 is 42.9 Å². The summed E-state index contributed by atoms with van der Waals surface area (Å²) in [5.74, 6) is 0. The summed E-state index contributed by atoms with van der Waals surface area (Å²) >= 11 is 1.74. The average Bonchev–Trinajstić information content (AvgIpc) is 3.14. The zero-order valence-electron chi connectivity index (χ0n) is 11.3. The molecule has 0 aliphatic rings. The molecule has 21 heavy (non-hydrogen) atoms. The van der Waals surface area contributed by atoms with Crippen LogP contribution in [0.5, 0.6) is 0 Å². The van der Waals surface area contributed by atoms with Gasteiger partial charge in [-0.3, -0.25) is 0 Å². The van der Waals surface area contributed by atoms with Crippen molar-refractivity contribution in [2.24, 2.45) is 0 Å². The third-order valence-electron chi connectivity index (χ3n) is 3.62. The minimum Gasteiger partial charge on any atom is -0.472 e. The molecule has 2 aromatic carbocycles. The van der Waals surface area contributed by atoms with Crippen molar-refractivity contribution in [2.45, 2.75) is 6.54 Å². The van der Waals surface area contributed by atoms with E-state index in [1.165, 1.54) is 15.5 Å². The van der Waals surface area contributed by atoms with E-state index in [0.717, 1.165) is 28.2 Å². The van der Waals surface area contributed by atoms with E-state index in [4.69, 9.17) is 10.2 Å². The van der Waals surface area contributed by atoms with E-state index in [9.17, 15) is 0 Å². The maximum atomic E-state index is 6.15. The molecule has 4 rings (SSSR count). The Bertz CT molecular complexity index is 909. The zero-order chi connectivity index (χ0) is 14.2. The fourth-order valence-electron chi connectivity index (χ4n) is 2.59. The Morgan fingerprint density at radius 1 is 1.10 bits per heavy atom. The van der Waals surface area contributed by atoms with E-state index < -0.39 is 0 Å². The third kappa shape index (κ3) is 2.04. The fraction of sp³-hybridized carbons (Fsp3) is 0.0588. The lowest BCUT2D eigenvalue weighted by molar-refractivity contribution is 0.564. The summed E-state index contributed by atoms with van der Waals surface area (Å²) in [6.07, 6.45) is 3.45. The number of fused-ring (bicyclic) bond motifs is 3. The summed E-state index contributed by atoms with van der Waals surface area (Å²) in [5.41, 5.74) is 9.21. The molecule has 0 amide bonds. The monoisotopic (exact) mass is 294 g/mol. The van der Waals surface area contributed by atoms with Crippen LogP contribution in [-0.2, 0) is 6.54 Å².